The molecule has 0 saturated heterocycles. The molecule has 6 heteroatoms. The molecule has 0 saturated carbocycles. The fourth-order valence-corrected chi connectivity index (χ4v) is 4.33. The average molecular weight is 350 g/mol. The zero-order valence-electron chi connectivity index (χ0n) is 14.3. The van der Waals surface area contributed by atoms with E-state index in [4.69, 9.17) is 15.1 Å². The highest BCUT2D eigenvalue weighted by Gasteiger charge is 2.21. The molecule has 0 amide bonds. The van der Waals surface area contributed by atoms with Crippen LogP contribution in [0.4, 0.5) is 5.69 Å². The second-order valence-electron chi connectivity index (χ2n) is 5.96. The lowest BCUT2D eigenvalue weighted by molar-refractivity contribution is 0.586. The third kappa shape index (κ3) is 2.49. The van der Waals surface area contributed by atoms with Crippen molar-refractivity contribution in [1.82, 2.24) is 15.2 Å². The van der Waals surface area contributed by atoms with Crippen LogP contribution >= 0.6 is 11.3 Å². The van der Waals surface area contributed by atoms with Gasteiger partial charge in [-0.1, -0.05) is 25.1 Å². The molecule has 5 nitrogen and oxygen atoms in total. The Hall–Kier alpha value is -2.73. The van der Waals surface area contributed by atoms with Crippen LogP contribution in [0.25, 0.3) is 32.4 Å². The van der Waals surface area contributed by atoms with Gasteiger partial charge in [-0.25, -0.2) is 4.98 Å². The molecule has 0 fully saturated rings. The van der Waals surface area contributed by atoms with Crippen molar-refractivity contribution in [3.8, 4) is 22.2 Å². The van der Waals surface area contributed by atoms with Crippen molar-refractivity contribution in [2.75, 3.05) is 5.73 Å². The number of aryl methyl sites for hydroxylation is 2. The van der Waals surface area contributed by atoms with Gasteiger partial charge in [0.2, 0.25) is 5.89 Å². The summed E-state index contributed by atoms with van der Waals surface area (Å²) in [5.41, 5.74) is 11.5. The average Bonchev–Trinajstić information content (AvgIpc) is 3.21. The summed E-state index contributed by atoms with van der Waals surface area (Å²) in [6, 6.07) is 9.71. The molecule has 126 valence electrons. The quantitative estimate of drug-likeness (QED) is 0.575. The van der Waals surface area contributed by atoms with E-state index in [1.807, 2.05) is 37.3 Å². The number of nitrogens with two attached hydrogens (primary N) is 1. The predicted octanol–water partition coefficient (Wildman–Crippen LogP) is 4.77. The van der Waals surface area contributed by atoms with Crippen molar-refractivity contribution in [2.45, 2.75) is 27.2 Å². The van der Waals surface area contributed by atoms with Crippen LogP contribution in [0.2, 0.25) is 0 Å². The Labute approximate surface area is 149 Å². The van der Waals surface area contributed by atoms with E-state index in [2.05, 4.69) is 24.0 Å². The number of thiophene rings is 1. The van der Waals surface area contributed by atoms with Crippen LogP contribution < -0.4 is 5.73 Å². The largest absolute Gasteiger partial charge is 0.415 e. The second kappa shape index (κ2) is 5.97. The Balaban J connectivity index is 1.87. The number of hydrogen-bond acceptors (Lipinski definition) is 6. The first-order valence-corrected chi connectivity index (χ1v) is 8.99. The number of fused-ring (bicyclic) bond motifs is 1. The predicted molar refractivity (Wildman–Crippen MR) is 102 cm³/mol. The number of anilines is 1. The molecule has 1 aromatic carbocycles. The summed E-state index contributed by atoms with van der Waals surface area (Å²) in [5.74, 6) is 0.928. The molecule has 0 aliphatic rings. The van der Waals surface area contributed by atoms with Crippen LogP contribution in [0.5, 0.6) is 0 Å². The third-order valence-corrected chi connectivity index (χ3v) is 5.54. The maximum absolute atomic E-state index is 6.44. The van der Waals surface area contributed by atoms with Gasteiger partial charge in [-0.15, -0.1) is 21.5 Å². The van der Waals surface area contributed by atoms with Crippen molar-refractivity contribution in [3.63, 3.8) is 0 Å². The van der Waals surface area contributed by atoms with E-state index in [0.29, 0.717) is 17.5 Å². The fraction of sp³-hybridized carbons (Fsp3) is 0.211. The molecule has 3 aromatic heterocycles. The molecule has 0 aliphatic carbocycles. The van der Waals surface area contributed by atoms with E-state index in [-0.39, 0.29) is 0 Å². The maximum atomic E-state index is 6.44. The van der Waals surface area contributed by atoms with Gasteiger partial charge in [0.1, 0.15) is 9.71 Å². The van der Waals surface area contributed by atoms with Gasteiger partial charge in [-0.05, 0) is 43.5 Å². The van der Waals surface area contributed by atoms with Gasteiger partial charge in [0, 0.05) is 16.6 Å². The fourth-order valence-electron chi connectivity index (χ4n) is 3.21. The molecule has 0 radical (unpaired) electrons. The summed E-state index contributed by atoms with van der Waals surface area (Å²) in [7, 11) is 0. The van der Waals surface area contributed by atoms with E-state index < -0.39 is 0 Å². The number of nitrogen functional groups attached to an aromatic ring is 1. The highest BCUT2D eigenvalue weighted by Crippen LogP contribution is 2.42. The van der Waals surface area contributed by atoms with Crippen molar-refractivity contribution in [3.05, 3.63) is 47.2 Å². The second-order valence-corrected chi connectivity index (χ2v) is 6.96. The Morgan fingerprint density at radius 2 is 1.80 bits per heavy atom. The normalized spacial score (nSPS) is 11.3. The SMILES string of the molecule is CCc1c(C)nc2sc(-c3nnc(-c4ccccc4)o3)c(N)c2c1C. The molecule has 3 heterocycles. The van der Waals surface area contributed by atoms with Crippen LogP contribution in [0.15, 0.2) is 34.7 Å². The minimum absolute atomic E-state index is 0.439. The summed E-state index contributed by atoms with van der Waals surface area (Å²) in [4.78, 5) is 6.43. The lowest BCUT2D eigenvalue weighted by Crippen LogP contribution is -1.97. The summed E-state index contributed by atoms with van der Waals surface area (Å²) in [5, 5.41) is 9.36. The molecule has 0 atom stereocenters. The molecule has 4 rings (SSSR count). The van der Waals surface area contributed by atoms with Crippen molar-refractivity contribution in [2.24, 2.45) is 0 Å². The molecular weight excluding hydrogens is 332 g/mol. The molecule has 25 heavy (non-hydrogen) atoms. The van der Waals surface area contributed by atoms with E-state index in [0.717, 1.165) is 32.8 Å². The molecule has 4 aromatic rings. The maximum Gasteiger partial charge on any atom is 0.260 e. The molecule has 0 bridgehead atoms. The lowest BCUT2D eigenvalue weighted by Gasteiger charge is -2.08. The van der Waals surface area contributed by atoms with E-state index in [1.165, 1.54) is 22.5 Å². The Kier molecular flexibility index (Phi) is 3.77. The van der Waals surface area contributed by atoms with Crippen LogP contribution in [0, 0.1) is 13.8 Å². The van der Waals surface area contributed by atoms with Crippen molar-refractivity contribution < 1.29 is 4.42 Å². The number of aromatic nitrogens is 3. The minimum atomic E-state index is 0.439. The monoisotopic (exact) mass is 350 g/mol. The zero-order valence-corrected chi connectivity index (χ0v) is 15.1. The lowest BCUT2D eigenvalue weighted by atomic mass is 10.0. The Morgan fingerprint density at radius 3 is 2.52 bits per heavy atom. The van der Waals surface area contributed by atoms with Crippen LogP contribution in [0.3, 0.4) is 0 Å². The number of rotatable bonds is 3. The Morgan fingerprint density at radius 1 is 1.08 bits per heavy atom. The number of pyridine rings is 1. The number of benzene rings is 1. The smallest absolute Gasteiger partial charge is 0.260 e. The van der Waals surface area contributed by atoms with Gasteiger partial charge in [-0.2, -0.15) is 0 Å². The molecule has 0 aliphatic heterocycles. The van der Waals surface area contributed by atoms with Crippen molar-refractivity contribution >= 4 is 27.2 Å². The molecule has 0 unspecified atom stereocenters. The minimum Gasteiger partial charge on any atom is -0.415 e. The summed E-state index contributed by atoms with van der Waals surface area (Å²) >= 11 is 1.50. The van der Waals surface area contributed by atoms with Crippen LogP contribution in [-0.2, 0) is 6.42 Å². The third-order valence-electron chi connectivity index (χ3n) is 4.45. The van der Waals surface area contributed by atoms with E-state index in [1.54, 1.807) is 0 Å². The van der Waals surface area contributed by atoms with E-state index >= 15 is 0 Å². The van der Waals surface area contributed by atoms with Gasteiger partial charge in [0.05, 0.1) is 5.69 Å². The topological polar surface area (TPSA) is 77.8 Å². The summed E-state index contributed by atoms with van der Waals surface area (Å²) in [6.45, 7) is 6.28. The summed E-state index contributed by atoms with van der Waals surface area (Å²) < 4.78 is 5.87. The first kappa shape index (κ1) is 15.8. The standard InChI is InChI=1S/C19H18N4OS/c1-4-13-10(2)14-15(20)16(25-19(14)21-11(13)3)18-23-22-17(24-18)12-8-6-5-7-9-12/h5-9H,4,20H2,1-3H3. The summed E-state index contributed by atoms with van der Waals surface area (Å²) in [6.07, 6.45) is 0.934. The first-order chi connectivity index (χ1) is 12.1. The first-order valence-electron chi connectivity index (χ1n) is 8.17. The molecular formula is C19H18N4OS. The highest BCUT2D eigenvalue weighted by molar-refractivity contribution is 7.22. The van der Waals surface area contributed by atoms with Gasteiger partial charge in [-0.3, -0.25) is 0 Å². The van der Waals surface area contributed by atoms with Crippen LogP contribution in [0.1, 0.15) is 23.7 Å². The van der Waals surface area contributed by atoms with Gasteiger partial charge in [0.25, 0.3) is 5.89 Å². The zero-order chi connectivity index (χ0) is 17.6. The van der Waals surface area contributed by atoms with E-state index in [9.17, 15) is 0 Å². The van der Waals surface area contributed by atoms with Crippen molar-refractivity contribution in [1.29, 1.82) is 0 Å². The molecule has 2 N–H and O–H groups in total. The van der Waals surface area contributed by atoms with Gasteiger partial charge >= 0.3 is 0 Å². The van der Waals surface area contributed by atoms with Gasteiger partial charge < -0.3 is 10.2 Å². The number of nitrogens with zero attached hydrogens (tertiary/aromatic N) is 3. The molecule has 0 spiro atoms. The number of hydrogen-bond donors (Lipinski definition) is 1. The van der Waals surface area contributed by atoms with Gasteiger partial charge in [0.15, 0.2) is 0 Å². The van der Waals surface area contributed by atoms with Crippen LogP contribution in [-0.4, -0.2) is 15.2 Å². The Bertz CT molecular complexity index is 1070. The highest BCUT2D eigenvalue weighted by atomic mass is 32.1.